The van der Waals surface area contributed by atoms with Gasteiger partial charge in [0, 0.05) is 43.1 Å². The van der Waals surface area contributed by atoms with Crippen LogP contribution in [0.25, 0.3) is 22.3 Å². The molecule has 9 rings (SSSR count). The van der Waals surface area contributed by atoms with Crippen molar-refractivity contribution in [3.63, 3.8) is 0 Å². The molecule has 0 bridgehead atoms. The Morgan fingerprint density at radius 1 is 0.951 bits per heavy atom. The Morgan fingerprint density at radius 2 is 1.72 bits per heavy atom. The third-order valence-electron chi connectivity index (χ3n) is 12.5. The Balaban J connectivity index is 0.926. The van der Waals surface area contributed by atoms with Gasteiger partial charge in [0.1, 0.15) is 29.3 Å². The number of H-pyrrole nitrogens is 1. The maximum atomic E-state index is 14.2. The highest BCUT2D eigenvalue weighted by Gasteiger charge is 2.44. The van der Waals surface area contributed by atoms with Gasteiger partial charge < -0.3 is 44.0 Å². The van der Waals surface area contributed by atoms with E-state index in [2.05, 4.69) is 20.3 Å². The molecule has 1 unspecified atom stereocenters. The SMILES string of the molecule is COc1ccc(C2=NN(C3CCN(C(=O)C(CCC(=O)O)NC(=O)c4c[nH]c5c(-c6c(OCC7CC7)ccc7c6OCO7)ncnc45)CC3)C(=O)[C@@H]3CCCC[C@H]23)cc1OC. The van der Waals surface area contributed by atoms with Crippen LogP contribution < -0.4 is 29.0 Å². The molecule has 61 heavy (non-hydrogen) atoms. The summed E-state index contributed by atoms with van der Waals surface area (Å²) in [6.45, 7) is 1.18. The first kappa shape index (κ1) is 40.0. The second-order valence-electron chi connectivity index (χ2n) is 16.3. The van der Waals surface area contributed by atoms with Crippen molar-refractivity contribution in [2.75, 3.05) is 40.7 Å². The summed E-state index contributed by atoms with van der Waals surface area (Å²) in [6.07, 6.45) is 9.18. The zero-order chi connectivity index (χ0) is 42.2. The number of ether oxygens (including phenoxy) is 5. The number of piperidine rings is 1. The van der Waals surface area contributed by atoms with Crippen molar-refractivity contribution in [3.8, 4) is 40.0 Å². The van der Waals surface area contributed by atoms with Crippen molar-refractivity contribution in [2.45, 2.75) is 76.3 Å². The van der Waals surface area contributed by atoms with Gasteiger partial charge in [0.15, 0.2) is 23.0 Å². The van der Waals surface area contributed by atoms with E-state index >= 15 is 0 Å². The van der Waals surface area contributed by atoms with Gasteiger partial charge in [-0.3, -0.25) is 19.2 Å². The molecule has 4 aromatic rings. The zero-order valence-corrected chi connectivity index (χ0v) is 34.2. The van der Waals surface area contributed by atoms with Gasteiger partial charge >= 0.3 is 5.97 Å². The Morgan fingerprint density at radius 3 is 2.48 bits per heavy atom. The lowest BCUT2D eigenvalue weighted by Crippen LogP contribution is -2.55. The molecule has 320 valence electrons. The number of aromatic nitrogens is 3. The highest BCUT2D eigenvalue weighted by Crippen LogP contribution is 2.48. The average molecular weight is 836 g/mol. The molecule has 5 aliphatic rings. The second-order valence-corrected chi connectivity index (χ2v) is 16.3. The van der Waals surface area contributed by atoms with Crippen LogP contribution >= 0.6 is 0 Å². The monoisotopic (exact) mass is 835 g/mol. The number of nitrogens with zero attached hydrogens (tertiary/aromatic N) is 5. The summed E-state index contributed by atoms with van der Waals surface area (Å²) in [7, 11) is 3.18. The van der Waals surface area contributed by atoms with E-state index in [1.165, 1.54) is 12.5 Å². The standard InChI is InChI=1S/C44H49N7O10/c1-57-31-11-9-25(19-34(31)58-2)37-27-5-3-4-6-28(27)43(55)51(49-37)26-15-17-50(18-16-26)44(56)30(10-14-35(52)53)48-42(54)29-20-45-40-38(29)46-22-47-39(40)36-32(59-21-24-7-8-24)12-13-33-41(36)61-23-60-33/h9,11-13,19-20,22,24,26-28,30,45H,3-8,10,14-18,21,23H2,1-2H3,(H,48,54)(H,52,53)/t27-,28+,30?/m0/s1. The molecule has 0 radical (unpaired) electrons. The summed E-state index contributed by atoms with van der Waals surface area (Å²) >= 11 is 0. The van der Waals surface area contributed by atoms with Crippen LogP contribution in [0, 0.1) is 17.8 Å². The molecular weight excluding hydrogens is 787 g/mol. The Kier molecular flexibility index (Phi) is 11.1. The number of likely N-dealkylation sites (tertiary alicyclic amines) is 1. The van der Waals surface area contributed by atoms with Gasteiger partial charge in [0.25, 0.3) is 5.91 Å². The number of rotatable bonds is 14. The lowest BCUT2D eigenvalue weighted by Gasteiger charge is -2.43. The zero-order valence-electron chi connectivity index (χ0n) is 34.2. The molecule has 0 spiro atoms. The van der Waals surface area contributed by atoms with Crippen LogP contribution in [0.5, 0.6) is 28.7 Å². The van der Waals surface area contributed by atoms with E-state index in [0.717, 1.165) is 49.8 Å². The van der Waals surface area contributed by atoms with Gasteiger partial charge in [-0.25, -0.2) is 15.0 Å². The van der Waals surface area contributed by atoms with E-state index in [-0.39, 0.29) is 49.0 Å². The third kappa shape index (κ3) is 7.88. The molecule has 3 N–H and O–H groups in total. The van der Waals surface area contributed by atoms with Gasteiger partial charge in [-0.2, -0.15) is 5.10 Å². The maximum Gasteiger partial charge on any atom is 0.303 e. The molecule has 3 amide bonds. The normalized spacial score (nSPS) is 20.5. The molecule has 3 fully saturated rings. The molecule has 1 saturated heterocycles. The van der Waals surface area contributed by atoms with Crippen molar-refractivity contribution in [1.29, 1.82) is 0 Å². The number of carbonyl (C=O) groups is 4. The molecule has 2 aromatic heterocycles. The van der Waals surface area contributed by atoms with Crippen LogP contribution in [0.4, 0.5) is 0 Å². The van der Waals surface area contributed by atoms with E-state index in [1.807, 2.05) is 24.3 Å². The van der Waals surface area contributed by atoms with Gasteiger partial charge in [-0.1, -0.05) is 12.8 Å². The molecular formula is C44H49N7O10. The highest BCUT2D eigenvalue weighted by molar-refractivity contribution is 6.09. The van der Waals surface area contributed by atoms with E-state index < -0.39 is 23.8 Å². The summed E-state index contributed by atoms with van der Waals surface area (Å²) in [4.78, 5) is 67.8. The number of fused-ring (bicyclic) bond motifs is 3. The van der Waals surface area contributed by atoms with Crippen LogP contribution in [0.2, 0.25) is 0 Å². The largest absolute Gasteiger partial charge is 0.493 e. The number of benzene rings is 2. The minimum Gasteiger partial charge on any atom is -0.493 e. The smallest absolute Gasteiger partial charge is 0.303 e. The number of aliphatic carboxylic acids is 1. The maximum absolute atomic E-state index is 14.2. The quantitative estimate of drug-likeness (QED) is 0.151. The van der Waals surface area contributed by atoms with Crippen molar-refractivity contribution in [3.05, 3.63) is 54.0 Å². The average Bonchev–Trinajstić information content (AvgIpc) is 3.81. The van der Waals surface area contributed by atoms with E-state index in [9.17, 15) is 24.3 Å². The molecule has 5 heterocycles. The number of nitrogens with one attached hydrogen (secondary N) is 2. The fourth-order valence-corrected chi connectivity index (χ4v) is 9.10. The predicted octanol–water partition coefficient (Wildman–Crippen LogP) is 5.17. The van der Waals surface area contributed by atoms with Crippen molar-refractivity contribution in [2.24, 2.45) is 22.9 Å². The van der Waals surface area contributed by atoms with Crippen molar-refractivity contribution < 1.29 is 48.0 Å². The summed E-state index contributed by atoms with van der Waals surface area (Å²) < 4.78 is 28.8. The summed E-state index contributed by atoms with van der Waals surface area (Å²) in [5.74, 6) is 0.997. The number of carbonyl (C=O) groups excluding carboxylic acids is 3. The number of hydrazone groups is 1. The summed E-state index contributed by atoms with van der Waals surface area (Å²) in [5, 5.41) is 19.1. The first-order valence-electron chi connectivity index (χ1n) is 21.1. The van der Waals surface area contributed by atoms with Crippen LogP contribution in [0.1, 0.15) is 80.1 Å². The van der Waals surface area contributed by atoms with E-state index in [1.54, 1.807) is 30.2 Å². The minimum absolute atomic E-state index is 0.00262. The fourth-order valence-electron chi connectivity index (χ4n) is 9.10. The highest BCUT2D eigenvalue weighted by atomic mass is 16.7. The van der Waals surface area contributed by atoms with Gasteiger partial charge in [0.05, 0.1) is 49.2 Å². The minimum atomic E-state index is -1.13. The lowest BCUT2D eigenvalue weighted by atomic mass is 9.73. The fraction of sp³-hybridized carbons (Fsp3) is 0.477. The molecule has 2 aliphatic carbocycles. The molecule has 3 aliphatic heterocycles. The summed E-state index contributed by atoms with van der Waals surface area (Å²) in [5.41, 5.74) is 3.66. The van der Waals surface area contributed by atoms with Crippen LogP contribution in [0.3, 0.4) is 0 Å². The van der Waals surface area contributed by atoms with Crippen LogP contribution in [-0.4, -0.2) is 112 Å². The van der Waals surface area contributed by atoms with Gasteiger partial charge in [-0.15, -0.1) is 0 Å². The van der Waals surface area contributed by atoms with Crippen molar-refractivity contribution >= 4 is 40.4 Å². The first-order chi connectivity index (χ1) is 29.7. The number of aromatic amines is 1. The Labute approximate surface area is 351 Å². The third-order valence-corrected chi connectivity index (χ3v) is 12.5. The molecule has 3 atom stereocenters. The number of hydrogen-bond donors (Lipinski definition) is 3. The predicted molar refractivity (Wildman–Crippen MR) is 220 cm³/mol. The number of carboxylic acid groups (broad SMARTS) is 1. The number of methoxy groups -OCH3 is 2. The first-order valence-corrected chi connectivity index (χ1v) is 21.1. The Bertz CT molecular complexity index is 2390. The molecule has 2 aromatic carbocycles. The summed E-state index contributed by atoms with van der Waals surface area (Å²) in [6, 6.07) is 7.95. The lowest BCUT2D eigenvalue weighted by molar-refractivity contribution is -0.143. The molecule has 17 nitrogen and oxygen atoms in total. The number of carboxylic acids is 1. The number of amides is 3. The molecule has 17 heteroatoms. The second kappa shape index (κ2) is 16.9. The Hall–Kier alpha value is -6.39. The number of hydrogen-bond acceptors (Lipinski definition) is 12. The van der Waals surface area contributed by atoms with Crippen LogP contribution in [-0.2, 0) is 14.4 Å². The van der Waals surface area contributed by atoms with Crippen molar-refractivity contribution in [1.82, 2.24) is 30.2 Å². The van der Waals surface area contributed by atoms with Crippen LogP contribution in [0.15, 0.2) is 48.0 Å². The van der Waals surface area contributed by atoms with Gasteiger partial charge in [-0.05, 0) is 81.2 Å². The topological polar surface area (TPSA) is 207 Å². The molecule has 2 saturated carbocycles. The van der Waals surface area contributed by atoms with E-state index in [0.29, 0.717) is 89.5 Å². The van der Waals surface area contributed by atoms with Gasteiger partial charge in [0.2, 0.25) is 18.6 Å². The van der Waals surface area contributed by atoms with E-state index in [4.69, 9.17) is 28.8 Å².